The number of aliphatic hydroxyl groups is 1. The Kier molecular flexibility index (Phi) is 4.23. The molecule has 0 unspecified atom stereocenters. The number of para-hydroxylation sites is 1. The van der Waals surface area contributed by atoms with E-state index in [0.29, 0.717) is 12.3 Å². The minimum absolute atomic E-state index is 0.244. The molecule has 1 aromatic heterocycles. The number of benzene rings is 1. The van der Waals surface area contributed by atoms with Crippen LogP contribution in [0.3, 0.4) is 0 Å². The van der Waals surface area contributed by atoms with Gasteiger partial charge in [-0.05, 0) is 50.5 Å². The van der Waals surface area contributed by atoms with Crippen molar-refractivity contribution in [3.8, 4) is 0 Å². The van der Waals surface area contributed by atoms with Crippen LogP contribution in [0.1, 0.15) is 42.9 Å². The largest absolute Gasteiger partial charge is 0.463 e. The van der Waals surface area contributed by atoms with E-state index in [1.54, 1.807) is 6.92 Å². The lowest BCUT2D eigenvalue weighted by atomic mass is 9.99. The summed E-state index contributed by atoms with van der Waals surface area (Å²) in [6.45, 7) is 5.13. The van der Waals surface area contributed by atoms with Gasteiger partial charge in [-0.2, -0.15) is 0 Å². The molecular weight excluding hydrogens is 276 g/mol. The summed E-state index contributed by atoms with van der Waals surface area (Å²) in [5.41, 5.74) is 1.44. The first-order valence-electron chi connectivity index (χ1n) is 7.92. The van der Waals surface area contributed by atoms with Gasteiger partial charge < -0.3 is 20.2 Å². The van der Waals surface area contributed by atoms with Crippen LogP contribution in [0, 0.1) is 6.92 Å². The standard InChI is InChI=1S/C18H24N2O2/c1-13-9-10-17(22-13)18(2,21)12-20-16-8-5-11-19-15-7-4-3-6-14(15)16/h3-4,6-7,9-10,16,19-21H,5,8,11-12H2,1-2H3/t16-,18+/m0/s1. The molecule has 0 saturated heterocycles. The first-order chi connectivity index (χ1) is 10.6. The smallest absolute Gasteiger partial charge is 0.136 e. The SMILES string of the molecule is Cc1ccc([C@](C)(O)CN[C@H]2CCCNc3ccccc32)o1. The quantitative estimate of drug-likeness (QED) is 0.810. The maximum atomic E-state index is 10.7. The lowest BCUT2D eigenvalue weighted by Crippen LogP contribution is -2.37. The van der Waals surface area contributed by atoms with Gasteiger partial charge in [0, 0.05) is 24.8 Å². The summed E-state index contributed by atoms with van der Waals surface area (Å²) in [6.07, 6.45) is 2.16. The fourth-order valence-corrected chi connectivity index (χ4v) is 2.99. The molecule has 118 valence electrons. The van der Waals surface area contributed by atoms with Crippen molar-refractivity contribution in [2.24, 2.45) is 0 Å². The number of furan rings is 1. The summed E-state index contributed by atoms with van der Waals surface area (Å²) in [4.78, 5) is 0. The Morgan fingerprint density at radius 1 is 1.32 bits per heavy atom. The Balaban J connectivity index is 1.73. The monoisotopic (exact) mass is 300 g/mol. The molecule has 2 aromatic rings. The van der Waals surface area contributed by atoms with Crippen LogP contribution in [0.15, 0.2) is 40.8 Å². The average Bonchev–Trinajstić information content (AvgIpc) is 2.84. The Labute approximate surface area is 131 Å². The highest BCUT2D eigenvalue weighted by Crippen LogP contribution is 2.30. The molecule has 0 amide bonds. The zero-order valence-electron chi connectivity index (χ0n) is 13.2. The first-order valence-corrected chi connectivity index (χ1v) is 7.92. The molecule has 0 radical (unpaired) electrons. The zero-order chi connectivity index (χ0) is 15.6. The van der Waals surface area contributed by atoms with E-state index in [1.165, 1.54) is 11.3 Å². The number of aryl methyl sites for hydroxylation is 1. The lowest BCUT2D eigenvalue weighted by Gasteiger charge is -2.26. The molecule has 2 heterocycles. The van der Waals surface area contributed by atoms with Crippen LogP contribution in [0.25, 0.3) is 0 Å². The van der Waals surface area contributed by atoms with E-state index in [0.717, 1.165) is 25.1 Å². The summed E-state index contributed by atoms with van der Waals surface area (Å²) in [5, 5.41) is 17.7. The first kappa shape index (κ1) is 15.1. The van der Waals surface area contributed by atoms with Gasteiger partial charge in [-0.1, -0.05) is 18.2 Å². The second kappa shape index (κ2) is 6.15. The van der Waals surface area contributed by atoms with Gasteiger partial charge in [0.25, 0.3) is 0 Å². The highest BCUT2D eigenvalue weighted by atomic mass is 16.4. The second-order valence-electron chi connectivity index (χ2n) is 6.27. The van der Waals surface area contributed by atoms with Gasteiger partial charge in [-0.15, -0.1) is 0 Å². The minimum Gasteiger partial charge on any atom is -0.463 e. The number of anilines is 1. The van der Waals surface area contributed by atoms with E-state index in [2.05, 4.69) is 34.9 Å². The third kappa shape index (κ3) is 3.18. The van der Waals surface area contributed by atoms with Crippen LogP contribution in [-0.4, -0.2) is 18.2 Å². The summed E-state index contributed by atoms with van der Waals surface area (Å²) in [6, 6.07) is 12.4. The van der Waals surface area contributed by atoms with E-state index in [4.69, 9.17) is 4.42 Å². The fourth-order valence-electron chi connectivity index (χ4n) is 2.99. The molecule has 0 aliphatic carbocycles. The molecule has 2 atom stereocenters. The Hall–Kier alpha value is -1.78. The van der Waals surface area contributed by atoms with Crippen LogP contribution >= 0.6 is 0 Å². The van der Waals surface area contributed by atoms with Crippen LogP contribution in [0.5, 0.6) is 0 Å². The molecule has 0 spiro atoms. The predicted octanol–water partition coefficient (Wildman–Crippen LogP) is 3.33. The normalized spacial score (nSPS) is 20.6. The topological polar surface area (TPSA) is 57.4 Å². The molecular formula is C18H24N2O2. The fraction of sp³-hybridized carbons (Fsp3) is 0.444. The zero-order valence-corrected chi connectivity index (χ0v) is 13.2. The van der Waals surface area contributed by atoms with Gasteiger partial charge >= 0.3 is 0 Å². The Morgan fingerprint density at radius 2 is 2.14 bits per heavy atom. The Morgan fingerprint density at radius 3 is 2.91 bits per heavy atom. The van der Waals surface area contributed by atoms with Crippen molar-refractivity contribution in [1.29, 1.82) is 0 Å². The number of rotatable bonds is 4. The van der Waals surface area contributed by atoms with Crippen molar-refractivity contribution in [1.82, 2.24) is 5.32 Å². The highest BCUT2D eigenvalue weighted by Gasteiger charge is 2.28. The molecule has 22 heavy (non-hydrogen) atoms. The van der Waals surface area contributed by atoms with Gasteiger partial charge in [0.1, 0.15) is 17.1 Å². The van der Waals surface area contributed by atoms with Crippen LogP contribution in [-0.2, 0) is 5.60 Å². The molecule has 1 aliphatic rings. The van der Waals surface area contributed by atoms with Crippen LogP contribution < -0.4 is 10.6 Å². The Bertz CT molecular complexity index is 634. The van der Waals surface area contributed by atoms with Crippen molar-refractivity contribution in [2.45, 2.75) is 38.3 Å². The van der Waals surface area contributed by atoms with Gasteiger partial charge in [0.05, 0.1) is 0 Å². The number of hydrogen-bond acceptors (Lipinski definition) is 4. The number of fused-ring (bicyclic) bond motifs is 1. The summed E-state index contributed by atoms with van der Waals surface area (Å²) in [5.74, 6) is 1.43. The van der Waals surface area contributed by atoms with Crippen molar-refractivity contribution in [3.05, 3.63) is 53.5 Å². The second-order valence-corrected chi connectivity index (χ2v) is 6.27. The molecule has 0 saturated carbocycles. The third-order valence-electron chi connectivity index (χ3n) is 4.29. The van der Waals surface area contributed by atoms with E-state index in [1.807, 2.05) is 19.1 Å². The van der Waals surface area contributed by atoms with Crippen molar-refractivity contribution in [3.63, 3.8) is 0 Å². The van der Waals surface area contributed by atoms with E-state index >= 15 is 0 Å². The lowest BCUT2D eigenvalue weighted by molar-refractivity contribution is 0.0305. The number of hydrogen-bond donors (Lipinski definition) is 3. The third-order valence-corrected chi connectivity index (χ3v) is 4.29. The van der Waals surface area contributed by atoms with Gasteiger partial charge in [0.15, 0.2) is 0 Å². The van der Waals surface area contributed by atoms with Crippen molar-refractivity contribution < 1.29 is 9.52 Å². The maximum Gasteiger partial charge on any atom is 0.136 e. The van der Waals surface area contributed by atoms with E-state index in [9.17, 15) is 5.11 Å². The van der Waals surface area contributed by atoms with Gasteiger partial charge in [0.2, 0.25) is 0 Å². The summed E-state index contributed by atoms with van der Waals surface area (Å²) >= 11 is 0. The average molecular weight is 300 g/mol. The van der Waals surface area contributed by atoms with Gasteiger partial charge in [-0.25, -0.2) is 0 Å². The van der Waals surface area contributed by atoms with E-state index < -0.39 is 5.60 Å². The van der Waals surface area contributed by atoms with Crippen molar-refractivity contribution in [2.75, 3.05) is 18.4 Å². The molecule has 0 bridgehead atoms. The summed E-state index contributed by atoms with van der Waals surface area (Å²) < 4.78 is 5.58. The number of nitrogens with one attached hydrogen (secondary N) is 2. The molecule has 0 fully saturated rings. The molecule has 3 rings (SSSR count). The highest BCUT2D eigenvalue weighted by molar-refractivity contribution is 5.53. The summed E-state index contributed by atoms with van der Waals surface area (Å²) in [7, 11) is 0. The molecule has 4 heteroatoms. The van der Waals surface area contributed by atoms with Gasteiger partial charge in [-0.3, -0.25) is 0 Å². The maximum absolute atomic E-state index is 10.7. The molecule has 1 aliphatic heterocycles. The molecule has 3 N–H and O–H groups in total. The van der Waals surface area contributed by atoms with Crippen LogP contribution in [0.2, 0.25) is 0 Å². The van der Waals surface area contributed by atoms with Crippen LogP contribution in [0.4, 0.5) is 5.69 Å². The van der Waals surface area contributed by atoms with E-state index in [-0.39, 0.29) is 6.04 Å². The van der Waals surface area contributed by atoms with Crippen molar-refractivity contribution >= 4 is 5.69 Å². The molecule has 4 nitrogen and oxygen atoms in total. The minimum atomic E-state index is -1.01. The molecule has 1 aromatic carbocycles. The predicted molar refractivity (Wildman–Crippen MR) is 87.9 cm³/mol.